The lowest BCUT2D eigenvalue weighted by Crippen LogP contribution is -2.50. The van der Waals surface area contributed by atoms with E-state index in [-0.39, 0.29) is 12.0 Å². The van der Waals surface area contributed by atoms with E-state index in [1.807, 2.05) is 42.5 Å². The van der Waals surface area contributed by atoms with Gasteiger partial charge in [0.05, 0.1) is 27.4 Å². The average Bonchev–Trinajstić information content (AvgIpc) is 3.41. The highest BCUT2D eigenvalue weighted by Crippen LogP contribution is 2.28. The van der Waals surface area contributed by atoms with Crippen molar-refractivity contribution in [2.24, 2.45) is 0 Å². The van der Waals surface area contributed by atoms with E-state index < -0.39 is 0 Å². The van der Waals surface area contributed by atoms with Gasteiger partial charge in [-0.05, 0) is 42.3 Å². The zero-order valence-electron chi connectivity index (χ0n) is 22.2. The largest absolute Gasteiger partial charge is 0.493 e. The van der Waals surface area contributed by atoms with Crippen LogP contribution >= 0.6 is 0 Å². The number of benzene rings is 2. The van der Waals surface area contributed by atoms with E-state index in [1.54, 1.807) is 37.0 Å². The summed E-state index contributed by atoms with van der Waals surface area (Å²) in [7, 11) is 3.25. The van der Waals surface area contributed by atoms with Gasteiger partial charge in [0.15, 0.2) is 17.3 Å². The number of piperazine rings is 1. The van der Waals surface area contributed by atoms with Gasteiger partial charge >= 0.3 is 6.09 Å². The van der Waals surface area contributed by atoms with E-state index in [4.69, 9.17) is 18.6 Å². The van der Waals surface area contributed by atoms with Gasteiger partial charge in [0.1, 0.15) is 5.76 Å². The van der Waals surface area contributed by atoms with Crippen molar-refractivity contribution in [1.82, 2.24) is 14.7 Å². The molecular formula is C29H35N3O6. The van der Waals surface area contributed by atoms with Crippen LogP contribution in [0.15, 0.2) is 65.1 Å². The van der Waals surface area contributed by atoms with Gasteiger partial charge < -0.3 is 28.4 Å². The number of carbonyl (C=O) groups excluding carboxylic acids is 2. The average molecular weight is 522 g/mol. The minimum atomic E-state index is -0.340. The third kappa shape index (κ3) is 6.86. The van der Waals surface area contributed by atoms with Gasteiger partial charge in [0.2, 0.25) is 0 Å². The molecule has 1 aromatic heterocycles. The lowest BCUT2D eigenvalue weighted by Gasteiger charge is -2.33. The number of amides is 2. The fourth-order valence-corrected chi connectivity index (χ4v) is 4.51. The molecule has 0 unspecified atom stereocenters. The first kappa shape index (κ1) is 27.1. The third-order valence-corrected chi connectivity index (χ3v) is 6.45. The molecule has 1 saturated heterocycles. The molecule has 0 N–H and O–H groups in total. The lowest BCUT2D eigenvalue weighted by molar-refractivity contribution is 0.0543. The Labute approximate surface area is 223 Å². The first-order chi connectivity index (χ1) is 18.5. The zero-order valence-corrected chi connectivity index (χ0v) is 22.2. The highest BCUT2D eigenvalue weighted by atomic mass is 16.6. The number of furan rings is 1. The molecule has 38 heavy (non-hydrogen) atoms. The number of methoxy groups -OCH3 is 2. The number of ether oxygens (including phenoxy) is 3. The van der Waals surface area contributed by atoms with Crippen molar-refractivity contribution in [3.05, 3.63) is 83.3 Å². The van der Waals surface area contributed by atoms with E-state index in [1.165, 1.54) is 5.56 Å². The van der Waals surface area contributed by atoms with Crippen LogP contribution in [-0.2, 0) is 24.4 Å². The Bertz CT molecular complexity index is 1200. The van der Waals surface area contributed by atoms with Crippen LogP contribution in [0.3, 0.4) is 0 Å². The van der Waals surface area contributed by atoms with Crippen molar-refractivity contribution >= 4 is 12.0 Å². The van der Waals surface area contributed by atoms with Crippen molar-refractivity contribution in [3.8, 4) is 11.5 Å². The van der Waals surface area contributed by atoms with E-state index in [9.17, 15) is 9.59 Å². The highest BCUT2D eigenvalue weighted by molar-refractivity contribution is 5.91. The van der Waals surface area contributed by atoms with Crippen LogP contribution in [0.5, 0.6) is 11.5 Å². The van der Waals surface area contributed by atoms with Crippen LogP contribution in [0, 0.1) is 0 Å². The van der Waals surface area contributed by atoms with E-state index in [0.29, 0.717) is 75.4 Å². The van der Waals surface area contributed by atoms with Crippen molar-refractivity contribution < 1.29 is 28.2 Å². The van der Waals surface area contributed by atoms with E-state index in [2.05, 4.69) is 17.0 Å². The fourth-order valence-electron chi connectivity index (χ4n) is 4.51. The van der Waals surface area contributed by atoms with Crippen molar-refractivity contribution in [2.75, 3.05) is 47.0 Å². The summed E-state index contributed by atoms with van der Waals surface area (Å²) in [6.45, 7) is 5.74. The molecule has 4 rings (SSSR count). The Hall–Kier alpha value is -3.98. The molecular weight excluding hydrogens is 486 g/mol. The quantitative estimate of drug-likeness (QED) is 0.391. The highest BCUT2D eigenvalue weighted by Gasteiger charge is 2.27. The van der Waals surface area contributed by atoms with E-state index >= 15 is 0 Å². The van der Waals surface area contributed by atoms with Gasteiger partial charge in [0, 0.05) is 39.3 Å². The van der Waals surface area contributed by atoms with Crippen LogP contribution in [0.4, 0.5) is 4.79 Å². The molecule has 2 aromatic carbocycles. The summed E-state index contributed by atoms with van der Waals surface area (Å²) >= 11 is 0. The van der Waals surface area contributed by atoms with Crippen LogP contribution < -0.4 is 9.47 Å². The summed E-state index contributed by atoms with van der Waals surface area (Å²) in [6.07, 6.45) is -0.340. The third-order valence-electron chi connectivity index (χ3n) is 6.45. The number of carbonyl (C=O) groups is 2. The monoisotopic (exact) mass is 521 g/mol. The maximum absolute atomic E-state index is 13.1. The summed E-state index contributed by atoms with van der Waals surface area (Å²) in [5.41, 5.74) is 2.25. The molecule has 0 bridgehead atoms. The van der Waals surface area contributed by atoms with Gasteiger partial charge in [-0.25, -0.2) is 4.79 Å². The van der Waals surface area contributed by atoms with Crippen LogP contribution in [0.25, 0.3) is 0 Å². The summed E-state index contributed by atoms with van der Waals surface area (Å²) in [6, 6.07) is 19.7. The van der Waals surface area contributed by atoms with E-state index in [0.717, 1.165) is 5.56 Å². The van der Waals surface area contributed by atoms with Crippen LogP contribution in [0.2, 0.25) is 0 Å². The standard InChI is InChI=1S/C29H35N3O6/c1-4-37-29(34)32-16-14-31(15-17-32)28(33)26-13-11-24(38-26)21-30(19-22-8-6-5-7-9-22)20-23-10-12-25(35-2)27(18-23)36-3/h5-13,18H,4,14-17,19-21H2,1-3H3. The lowest BCUT2D eigenvalue weighted by atomic mass is 10.1. The molecule has 1 fully saturated rings. The van der Waals surface area contributed by atoms with Gasteiger partial charge in [-0.3, -0.25) is 9.69 Å². The van der Waals surface area contributed by atoms with Gasteiger partial charge in [-0.2, -0.15) is 0 Å². The second kappa shape index (κ2) is 13.0. The molecule has 9 nitrogen and oxygen atoms in total. The first-order valence-corrected chi connectivity index (χ1v) is 12.8. The molecule has 0 spiro atoms. The van der Waals surface area contributed by atoms with Crippen LogP contribution in [-0.4, -0.2) is 73.7 Å². The summed E-state index contributed by atoms with van der Waals surface area (Å²) in [4.78, 5) is 30.6. The molecule has 2 heterocycles. The molecule has 2 amide bonds. The Morgan fingerprint density at radius 1 is 0.816 bits per heavy atom. The van der Waals surface area contributed by atoms with Crippen LogP contribution in [0.1, 0.15) is 34.4 Å². The summed E-state index contributed by atoms with van der Waals surface area (Å²) in [5, 5.41) is 0. The summed E-state index contributed by atoms with van der Waals surface area (Å²) in [5.74, 6) is 2.20. The zero-order chi connectivity index (χ0) is 26.9. The SMILES string of the molecule is CCOC(=O)N1CCN(C(=O)c2ccc(CN(Cc3ccccc3)Cc3ccc(OC)c(OC)c3)o2)CC1. The molecule has 0 saturated carbocycles. The van der Waals surface area contributed by atoms with Crippen molar-refractivity contribution in [3.63, 3.8) is 0 Å². The second-order valence-electron chi connectivity index (χ2n) is 9.06. The van der Waals surface area contributed by atoms with Crippen molar-refractivity contribution in [1.29, 1.82) is 0 Å². The Morgan fingerprint density at radius 3 is 2.18 bits per heavy atom. The smallest absolute Gasteiger partial charge is 0.409 e. The maximum atomic E-state index is 13.1. The maximum Gasteiger partial charge on any atom is 0.409 e. The predicted molar refractivity (Wildman–Crippen MR) is 142 cm³/mol. The molecule has 3 aromatic rings. The predicted octanol–water partition coefficient (Wildman–Crippen LogP) is 4.41. The van der Waals surface area contributed by atoms with Gasteiger partial charge in [0.25, 0.3) is 5.91 Å². The normalized spacial score (nSPS) is 13.5. The molecule has 202 valence electrons. The molecule has 0 radical (unpaired) electrons. The molecule has 0 aliphatic carbocycles. The number of rotatable bonds is 10. The topological polar surface area (TPSA) is 84.7 Å². The number of nitrogens with zero attached hydrogens (tertiary/aromatic N) is 3. The fraction of sp³-hybridized carbons (Fsp3) is 0.379. The van der Waals surface area contributed by atoms with Gasteiger partial charge in [-0.15, -0.1) is 0 Å². The Kier molecular flexibility index (Phi) is 9.26. The minimum absolute atomic E-state index is 0.172. The molecule has 1 aliphatic heterocycles. The van der Waals surface area contributed by atoms with Gasteiger partial charge in [-0.1, -0.05) is 36.4 Å². The first-order valence-electron chi connectivity index (χ1n) is 12.8. The molecule has 1 aliphatic rings. The minimum Gasteiger partial charge on any atom is -0.493 e. The number of hydrogen-bond donors (Lipinski definition) is 0. The van der Waals surface area contributed by atoms with Crippen molar-refractivity contribution in [2.45, 2.75) is 26.6 Å². The second-order valence-corrected chi connectivity index (χ2v) is 9.06. The number of hydrogen-bond acceptors (Lipinski definition) is 7. The Balaban J connectivity index is 1.43. The Morgan fingerprint density at radius 2 is 1.50 bits per heavy atom. The molecule has 0 atom stereocenters. The summed E-state index contributed by atoms with van der Waals surface area (Å²) < 4.78 is 21.9. The molecule has 9 heteroatoms.